The van der Waals surface area contributed by atoms with Crippen LogP contribution in [0.4, 0.5) is 0 Å². The van der Waals surface area contributed by atoms with Crippen molar-refractivity contribution in [2.24, 2.45) is 0 Å². The summed E-state index contributed by atoms with van der Waals surface area (Å²) in [4.78, 5) is 30.5. The molecule has 0 unspecified atom stereocenters. The Balaban J connectivity index is 1.48. The van der Waals surface area contributed by atoms with Crippen LogP contribution in [-0.4, -0.2) is 57.6 Å². The molecule has 6 nitrogen and oxygen atoms in total. The second-order valence-corrected chi connectivity index (χ2v) is 6.76. The first-order chi connectivity index (χ1) is 12.1. The van der Waals surface area contributed by atoms with Gasteiger partial charge < -0.3 is 15.0 Å². The van der Waals surface area contributed by atoms with Crippen LogP contribution in [0.3, 0.4) is 0 Å². The quantitative estimate of drug-likeness (QED) is 0.841. The van der Waals surface area contributed by atoms with Crippen LogP contribution in [0.25, 0.3) is 0 Å². The van der Waals surface area contributed by atoms with Gasteiger partial charge in [0.1, 0.15) is 5.69 Å². The lowest BCUT2D eigenvalue weighted by Crippen LogP contribution is -2.45. The van der Waals surface area contributed by atoms with Crippen LogP contribution in [0.15, 0.2) is 47.3 Å². The Bertz CT molecular complexity index is 848. The first-order valence-electron chi connectivity index (χ1n) is 8.59. The monoisotopic (exact) mass is 339 g/mol. The number of aromatic amines is 1. The SMILES string of the molecule is O=C(c1cccc(=O)[nH]1)N1C[C@@H](O)[C@H](N2CCc3ccccc3C2)C1. The molecule has 1 saturated heterocycles. The first kappa shape index (κ1) is 16.1. The van der Waals surface area contributed by atoms with Crippen molar-refractivity contribution in [3.63, 3.8) is 0 Å². The third kappa shape index (κ3) is 3.10. The van der Waals surface area contributed by atoms with Crippen LogP contribution in [0.2, 0.25) is 0 Å². The van der Waals surface area contributed by atoms with Gasteiger partial charge in [0, 0.05) is 32.2 Å². The zero-order chi connectivity index (χ0) is 17.4. The summed E-state index contributed by atoms with van der Waals surface area (Å²) in [6, 6.07) is 12.8. The van der Waals surface area contributed by atoms with E-state index in [9.17, 15) is 14.7 Å². The third-order valence-electron chi connectivity index (χ3n) is 5.17. The van der Waals surface area contributed by atoms with Crippen molar-refractivity contribution in [2.45, 2.75) is 25.1 Å². The molecule has 2 aromatic rings. The smallest absolute Gasteiger partial charge is 0.270 e. The third-order valence-corrected chi connectivity index (χ3v) is 5.17. The summed E-state index contributed by atoms with van der Waals surface area (Å²) in [6.45, 7) is 2.43. The fourth-order valence-electron chi connectivity index (χ4n) is 3.84. The Morgan fingerprint density at radius 3 is 2.68 bits per heavy atom. The topological polar surface area (TPSA) is 76.6 Å². The van der Waals surface area contributed by atoms with Crippen molar-refractivity contribution in [1.82, 2.24) is 14.8 Å². The average Bonchev–Trinajstić information content (AvgIpc) is 3.02. The number of H-pyrrole nitrogens is 1. The van der Waals surface area contributed by atoms with E-state index in [2.05, 4.69) is 28.1 Å². The predicted molar refractivity (Wildman–Crippen MR) is 93.3 cm³/mol. The summed E-state index contributed by atoms with van der Waals surface area (Å²) in [5.41, 5.74) is 2.62. The zero-order valence-corrected chi connectivity index (χ0v) is 13.9. The molecule has 3 heterocycles. The van der Waals surface area contributed by atoms with Gasteiger partial charge >= 0.3 is 0 Å². The number of β-amino-alcohol motifs (C(OH)–C–C–N with tert-alkyl or cyclic N) is 1. The number of nitrogens with one attached hydrogen (secondary N) is 1. The van der Waals surface area contributed by atoms with Crippen molar-refractivity contribution in [1.29, 1.82) is 0 Å². The fourth-order valence-corrected chi connectivity index (χ4v) is 3.84. The van der Waals surface area contributed by atoms with E-state index in [1.807, 2.05) is 6.07 Å². The minimum atomic E-state index is -0.579. The molecule has 6 heteroatoms. The molecular weight excluding hydrogens is 318 g/mol. The molecular formula is C19H21N3O3. The maximum atomic E-state index is 12.6. The minimum Gasteiger partial charge on any atom is -0.390 e. The summed E-state index contributed by atoms with van der Waals surface area (Å²) < 4.78 is 0. The molecule has 0 saturated carbocycles. The molecule has 0 bridgehead atoms. The number of hydrogen-bond acceptors (Lipinski definition) is 4. The Morgan fingerprint density at radius 2 is 1.88 bits per heavy atom. The van der Waals surface area contributed by atoms with Crippen molar-refractivity contribution < 1.29 is 9.90 Å². The molecule has 4 rings (SSSR count). The molecule has 1 aromatic carbocycles. The number of pyridine rings is 1. The van der Waals surface area contributed by atoms with Crippen LogP contribution in [0.1, 0.15) is 21.6 Å². The molecule has 0 aliphatic carbocycles. The van der Waals surface area contributed by atoms with Gasteiger partial charge in [0.15, 0.2) is 0 Å². The van der Waals surface area contributed by atoms with Gasteiger partial charge in [-0.3, -0.25) is 14.5 Å². The Labute approximate surface area is 145 Å². The van der Waals surface area contributed by atoms with Gasteiger partial charge in [-0.2, -0.15) is 0 Å². The standard InChI is InChI=1S/C19H21N3O3/c23-17-12-22(19(25)15-6-3-7-18(24)20-15)11-16(17)21-9-8-13-4-1-2-5-14(13)10-21/h1-7,16-17,23H,8-12H2,(H,20,24)/t16-,17-/m1/s1. The van der Waals surface area contributed by atoms with E-state index in [0.29, 0.717) is 13.1 Å². The number of rotatable bonds is 2. The van der Waals surface area contributed by atoms with E-state index < -0.39 is 6.10 Å². The molecule has 0 radical (unpaired) electrons. The number of aliphatic hydroxyl groups excluding tert-OH is 1. The van der Waals surface area contributed by atoms with Crippen molar-refractivity contribution >= 4 is 5.91 Å². The van der Waals surface area contributed by atoms with E-state index in [1.54, 1.807) is 17.0 Å². The number of aromatic nitrogens is 1. The number of carbonyl (C=O) groups is 1. The van der Waals surface area contributed by atoms with Crippen LogP contribution >= 0.6 is 0 Å². The number of aliphatic hydroxyl groups is 1. The number of hydrogen-bond donors (Lipinski definition) is 2. The molecule has 1 amide bonds. The predicted octanol–water partition coefficient (Wildman–Crippen LogP) is 0.618. The van der Waals surface area contributed by atoms with Gasteiger partial charge in [-0.05, 0) is 23.6 Å². The highest BCUT2D eigenvalue weighted by Gasteiger charge is 2.38. The van der Waals surface area contributed by atoms with Gasteiger partial charge in [-0.1, -0.05) is 30.3 Å². The van der Waals surface area contributed by atoms with E-state index >= 15 is 0 Å². The molecule has 130 valence electrons. The van der Waals surface area contributed by atoms with E-state index in [1.165, 1.54) is 17.2 Å². The molecule has 2 aliphatic rings. The second-order valence-electron chi connectivity index (χ2n) is 6.76. The van der Waals surface area contributed by atoms with Gasteiger partial charge in [0.2, 0.25) is 5.56 Å². The molecule has 2 N–H and O–H groups in total. The van der Waals surface area contributed by atoms with Gasteiger partial charge in [0.25, 0.3) is 5.91 Å². The summed E-state index contributed by atoms with van der Waals surface area (Å²) in [5, 5.41) is 10.5. The molecule has 0 spiro atoms. The van der Waals surface area contributed by atoms with Gasteiger partial charge in [-0.25, -0.2) is 0 Å². The molecule has 1 aromatic heterocycles. The van der Waals surface area contributed by atoms with Gasteiger partial charge in [0.05, 0.1) is 12.1 Å². The first-order valence-corrected chi connectivity index (χ1v) is 8.59. The highest BCUT2D eigenvalue weighted by atomic mass is 16.3. The van der Waals surface area contributed by atoms with Crippen molar-refractivity contribution in [3.8, 4) is 0 Å². The van der Waals surface area contributed by atoms with Gasteiger partial charge in [-0.15, -0.1) is 0 Å². The maximum Gasteiger partial charge on any atom is 0.270 e. The lowest BCUT2D eigenvalue weighted by atomic mass is 9.98. The van der Waals surface area contributed by atoms with Crippen LogP contribution in [0.5, 0.6) is 0 Å². The number of benzene rings is 1. The van der Waals surface area contributed by atoms with E-state index in [0.717, 1.165) is 19.5 Å². The summed E-state index contributed by atoms with van der Waals surface area (Å²) in [7, 11) is 0. The number of fused-ring (bicyclic) bond motifs is 1. The minimum absolute atomic E-state index is 0.0762. The highest BCUT2D eigenvalue weighted by Crippen LogP contribution is 2.25. The fraction of sp³-hybridized carbons (Fsp3) is 0.368. The molecule has 2 aliphatic heterocycles. The Hall–Kier alpha value is -2.44. The average molecular weight is 339 g/mol. The molecule has 1 fully saturated rings. The van der Waals surface area contributed by atoms with Crippen molar-refractivity contribution in [3.05, 3.63) is 69.6 Å². The molecule has 25 heavy (non-hydrogen) atoms. The largest absolute Gasteiger partial charge is 0.390 e. The Morgan fingerprint density at radius 1 is 1.08 bits per heavy atom. The second kappa shape index (κ2) is 6.46. The number of likely N-dealkylation sites (tertiary alicyclic amines) is 1. The normalized spacial score (nSPS) is 23.5. The lowest BCUT2D eigenvalue weighted by Gasteiger charge is -2.34. The molecule has 2 atom stereocenters. The number of carbonyl (C=O) groups excluding carboxylic acids is 1. The summed E-state index contributed by atoms with van der Waals surface area (Å²) >= 11 is 0. The van der Waals surface area contributed by atoms with Crippen LogP contribution in [0, 0.1) is 0 Å². The zero-order valence-electron chi connectivity index (χ0n) is 13.9. The lowest BCUT2D eigenvalue weighted by molar-refractivity contribution is 0.0733. The number of amides is 1. The Kier molecular flexibility index (Phi) is 4.15. The van der Waals surface area contributed by atoms with Crippen LogP contribution in [-0.2, 0) is 13.0 Å². The van der Waals surface area contributed by atoms with Crippen LogP contribution < -0.4 is 5.56 Å². The van der Waals surface area contributed by atoms with Crippen molar-refractivity contribution in [2.75, 3.05) is 19.6 Å². The van der Waals surface area contributed by atoms with E-state index in [-0.39, 0.29) is 23.2 Å². The number of nitrogens with zero attached hydrogens (tertiary/aromatic N) is 2. The van der Waals surface area contributed by atoms with E-state index in [4.69, 9.17) is 0 Å². The highest BCUT2D eigenvalue weighted by molar-refractivity contribution is 5.92. The summed E-state index contributed by atoms with van der Waals surface area (Å²) in [5.74, 6) is -0.239. The maximum absolute atomic E-state index is 12.6. The summed E-state index contributed by atoms with van der Waals surface area (Å²) in [6.07, 6.45) is 0.379.